The highest BCUT2D eigenvalue weighted by Gasteiger charge is 2.21. The summed E-state index contributed by atoms with van der Waals surface area (Å²) >= 11 is 0. The van der Waals surface area contributed by atoms with Crippen LogP contribution in [0.15, 0.2) is 35.3 Å². The van der Waals surface area contributed by atoms with Crippen molar-refractivity contribution < 1.29 is 4.79 Å². The van der Waals surface area contributed by atoms with Gasteiger partial charge in [0.1, 0.15) is 16.8 Å². The van der Waals surface area contributed by atoms with Gasteiger partial charge in [-0.1, -0.05) is 18.9 Å². The summed E-state index contributed by atoms with van der Waals surface area (Å²) in [6.45, 7) is 2.33. The van der Waals surface area contributed by atoms with E-state index in [2.05, 4.69) is 10.3 Å². The molecule has 0 saturated heterocycles. The van der Waals surface area contributed by atoms with Crippen LogP contribution in [0.2, 0.25) is 0 Å². The zero-order valence-electron chi connectivity index (χ0n) is 14.7. The summed E-state index contributed by atoms with van der Waals surface area (Å²) in [7, 11) is 0. The van der Waals surface area contributed by atoms with E-state index in [1.165, 1.54) is 10.5 Å². The Bertz CT molecular complexity index is 1120. The van der Waals surface area contributed by atoms with Gasteiger partial charge in [0.15, 0.2) is 0 Å². The summed E-state index contributed by atoms with van der Waals surface area (Å²) in [6, 6.07) is 7.01. The van der Waals surface area contributed by atoms with Crippen molar-refractivity contribution in [2.45, 2.75) is 45.2 Å². The molecule has 0 bridgehead atoms. The zero-order valence-corrected chi connectivity index (χ0v) is 14.7. The fourth-order valence-corrected chi connectivity index (χ4v) is 3.70. The normalized spacial score (nSPS) is 15.0. The number of hydrogen-bond donors (Lipinski definition) is 2. The second kappa shape index (κ2) is 6.40. The van der Waals surface area contributed by atoms with Crippen molar-refractivity contribution in [2.75, 3.05) is 0 Å². The molecular weight excluding hydrogens is 330 g/mol. The van der Waals surface area contributed by atoms with Crippen molar-refractivity contribution in [3.8, 4) is 0 Å². The Morgan fingerprint density at radius 1 is 1.35 bits per heavy atom. The third-order valence-corrected chi connectivity index (χ3v) is 5.07. The van der Waals surface area contributed by atoms with Crippen LogP contribution in [-0.2, 0) is 6.54 Å². The third-order valence-electron chi connectivity index (χ3n) is 5.07. The Hall–Kier alpha value is -2.96. The van der Waals surface area contributed by atoms with E-state index in [0.717, 1.165) is 25.7 Å². The predicted octanol–water partition coefficient (Wildman–Crippen LogP) is 1.82. The summed E-state index contributed by atoms with van der Waals surface area (Å²) in [6.07, 6.45) is 5.82. The molecule has 26 heavy (non-hydrogen) atoms. The summed E-state index contributed by atoms with van der Waals surface area (Å²) in [5, 5.41) is 11.8. The molecular formula is C19H21N5O2. The molecule has 0 radical (unpaired) electrons. The number of pyridine rings is 2. The van der Waals surface area contributed by atoms with Crippen LogP contribution in [-0.4, -0.2) is 25.9 Å². The maximum atomic E-state index is 12.9. The molecule has 7 heteroatoms. The van der Waals surface area contributed by atoms with Gasteiger partial charge in [-0.15, -0.1) is 0 Å². The molecule has 2 N–H and O–H groups in total. The number of fused-ring (bicyclic) bond motifs is 2. The average molecular weight is 351 g/mol. The van der Waals surface area contributed by atoms with Crippen LogP contribution in [0.4, 0.5) is 0 Å². The minimum atomic E-state index is -0.288. The number of carbonyl (C=O) groups excluding carboxylic acids is 1. The molecule has 3 aromatic rings. The van der Waals surface area contributed by atoms with Crippen LogP contribution in [0.3, 0.4) is 0 Å². The summed E-state index contributed by atoms with van der Waals surface area (Å²) in [5.41, 5.74) is 1.03. The molecule has 3 aromatic heterocycles. The van der Waals surface area contributed by atoms with Crippen molar-refractivity contribution in [3.63, 3.8) is 0 Å². The van der Waals surface area contributed by atoms with Gasteiger partial charge < -0.3 is 9.88 Å². The summed E-state index contributed by atoms with van der Waals surface area (Å²) < 4.78 is 3.08. The number of carbonyl (C=O) groups is 1. The molecule has 1 saturated carbocycles. The van der Waals surface area contributed by atoms with Crippen molar-refractivity contribution in [3.05, 3.63) is 51.9 Å². The van der Waals surface area contributed by atoms with Crippen molar-refractivity contribution in [2.24, 2.45) is 0 Å². The highest BCUT2D eigenvalue weighted by Crippen LogP contribution is 2.18. The van der Waals surface area contributed by atoms with Gasteiger partial charge >= 0.3 is 0 Å². The second-order valence-corrected chi connectivity index (χ2v) is 6.69. The average Bonchev–Trinajstić information content (AvgIpc) is 3.14. The SMILES string of the molecule is CCn1c(=N)c(C(=O)NC2CCCC2)cc2c(=O)n3ccccc3nc21. The number of amides is 1. The Kier molecular flexibility index (Phi) is 4.06. The van der Waals surface area contributed by atoms with E-state index in [9.17, 15) is 9.59 Å². The summed E-state index contributed by atoms with van der Waals surface area (Å²) in [4.78, 5) is 30.2. The van der Waals surface area contributed by atoms with Gasteiger partial charge in [-0.2, -0.15) is 0 Å². The van der Waals surface area contributed by atoms with Crippen molar-refractivity contribution in [1.29, 1.82) is 5.41 Å². The molecule has 3 heterocycles. The molecule has 134 valence electrons. The first kappa shape index (κ1) is 16.5. The fourth-order valence-electron chi connectivity index (χ4n) is 3.70. The van der Waals surface area contributed by atoms with E-state index in [-0.39, 0.29) is 28.6 Å². The fraction of sp³-hybridized carbons (Fsp3) is 0.368. The lowest BCUT2D eigenvalue weighted by Crippen LogP contribution is -2.38. The maximum absolute atomic E-state index is 12.9. The van der Waals surface area contributed by atoms with Crippen LogP contribution in [0.25, 0.3) is 16.7 Å². The first-order valence-corrected chi connectivity index (χ1v) is 9.00. The Morgan fingerprint density at radius 3 is 2.85 bits per heavy atom. The van der Waals surface area contributed by atoms with Gasteiger partial charge in [0.05, 0.1) is 10.9 Å². The Labute approximate surface area is 149 Å². The van der Waals surface area contributed by atoms with Crippen LogP contribution in [0, 0.1) is 5.41 Å². The molecule has 0 aromatic carbocycles. The molecule has 0 spiro atoms. The Balaban J connectivity index is 1.94. The van der Waals surface area contributed by atoms with E-state index < -0.39 is 0 Å². The quantitative estimate of drug-likeness (QED) is 0.705. The van der Waals surface area contributed by atoms with Gasteiger partial charge in [0, 0.05) is 18.8 Å². The van der Waals surface area contributed by atoms with Gasteiger partial charge in [-0.25, -0.2) is 4.98 Å². The third kappa shape index (κ3) is 2.60. The zero-order chi connectivity index (χ0) is 18.3. The van der Waals surface area contributed by atoms with Gasteiger partial charge in [0.25, 0.3) is 11.5 Å². The molecule has 1 fully saturated rings. The lowest BCUT2D eigenvalue weighted by Gasteiger charge is -2.15. The lowest BCUT2D eigenvalue weighted by molar-refractivity contribution is 0.0935. The number of nitrogens with zero attached hydrogens (tertiary/aromatic N) is 3. The minimum absolute atomic E-state index is 0.0858. The maximum Gasteiger partial charge on any atom is 0.267 e. The molecule has 7 nitrogen and oxygen atoms in total. The molecule has 0 aliphatic heterocycles. The van der Waals surface area contributed by atoms with E-state index in [1.807, 2.05) is 13.0 Å². The number of hydrogen-bond acceptors (Lipinski definition) is 4. The van der Waals surface area contributed by atoms with Gasteiger partial charge in [-0.3, -0.25) is 19.4 Å². The highest BCUT2D eigenvalue weighted by molar-refractivity contribution is 5.97. The molecule has 1 aliphatic carbocycles. The monoisotopic (exact) mass is 351 g/mol. The van der Waals surface area contributed by atoms with E-state index in [0.29, 0.717) is 23.2 Å². The van der Waals surface area contributed by atoms with Gasteiger partial charge in [0.2, 0.25) is 0 Å². The van der Waals surface area contributed by atoms with E-state index >= 15 is 0 Å². The molecule has 0 unspecified atom stereocenters. The van der Waals surface area contributed by atoms with Crippen LogP contribution in [0.5, 0.6) is 0 Å². The standard InChI is InChI=1S/C19H21N5O2/c1-2-23-16(20)13(18(25)21-12-7-3-4-8-12)11-14-17(23)22-15-9-5-6-10-24(15)19(14)26/h5-6,9-12,20H,2-4,7-8H2,1H3,(H,21,25). The lowest BCUT2D eigenvalue weighted by atomic mass is 10.1. The van der Waals surface area contributed by atoms with E-state index in [4.69, 9.17) is 5.41 Å². The minimum Gasteiger partial charge on any atom is -0.349 e. The smallest absolute Gasteiger partial charge is 0.267 e. The van der Waals surface area contributed by atoms with E-state index in [1.54, 1.807) is 22.9 Å². The van der Waals surface area contributed by atoms with Crippen LogP contribution in [0.1, 0.15) is 43.0 Å². The molecule has 4 rings (SSSR count). The van der Waals surface area contributed by atoms with Crippen LogP contribution >= 0.6 is 0 Å². The highest BCUT2D eigenvalue weighted by atomic mass is 16.2. The van der Waals surface area contributed by atoms with Crippen LogP contribution < -0.4 is 16.4 Å². The first-order valence-electron chi connectivity index (χ1n) is 9.00. The summed E-state index contributed by atoms with van der Waals surface area (Å²) in [5.74, 6) is -0.288. The molecule has 1 amide bonds. The first-order chi connectivity index (χ1) is 12.6. The number of nitrogens with one attached hydrogen (secondary N) is 2. The predicted molar refractivity (Wildman–Crippen MR) is 98.2 cm³/mol. The van der Waals surface area contributed by atoms with Crippen molar-refractivity contribution in [1.82, 2.24) is 19.3 Å². The molecule has 1 aliphatic rings. The van der Waals surface area contributed by atoms with Gasteiger partial charge in [-0.05, 0) is 38.0 Å². The number of aryl methyl sites for hydroxylation is 1. The second-order valence-electron chi connectivity index (χ2n) is 6.69. The number of rotatable bonds is 3. The Morgan fingerprint density at radius 2 is 2.12 bits per heavy atom. The topological polar surface area (TPSA) is 92.2 Å². The van der Waals surface area contributed by atoms with Crippen molar-refractivity contribution >= 4 is 22.6 Å². The largest absolute Gasteiger partial charge is 0.349 e. The number of aromatic nitrogens is 3. The molecule has 0 atom stereocenters.